The normalized spacial score (nSPS) is 18.3. The highest BCUT2D eigenvalue weighted by Crippen LogP contribution is 2.37. The predicted molar refractivity (Wildman–Crippen MR) is 67.0 cm³/mol. The minimum atomic E-state index is 0.0951. The van der Waals surface area contributed by atoms with E-state index in [-0.39, 0.29) is 5.41 Å². The summed E-state index contributed by atoms with van der Waals surface area (Å²) in [4.78, 5) is 0. The molecule has 82 valence electrons. The van der Waals surface area contributed by atoms with Crippen molar-refractivity contribution in [3.05, 3.63) is 28.2 Å². The fourth-order valence-electron chi connectivity index (χ4n) is 1.69. The highest BCUT2D eigenvalue weighted by molar-refractivity contribution is 9.10. The summed E-state index contributed by atoms with van der Waals surface area (Å²) in [6.07, 6.45) is 0. The second kappa shape index (κ2) is 4.36. The SMILES string of the molecule is COc1ccc(C2(CS)COC2)cc1Br. The summed E-state index contributed by atoms with van der Waals surface area (Å²) in [5.74, 6) is 1.67. The number of methoxy groups -OCH3 is 1. The molecule has 0 spiro atoms. The first kappa shape index (κ1) is 11.3. The monoisotopic (exact) mass is 288 g/mol. The van der Waals surface area contributed by atoms with E-state index in [1.807, 2.05) is 6.07 Å². The molecule has 1 saturated heterocycles. The number of halogens is 1. The zero-order valence-corrected chi connectivity index (χ0v) is 11.0. The second-order valence-corrected chi connectivity index (χ2v) is 4.95. The molecule has 1 fully saturated rings. The lowest BCUT2D eigenvalue weighted by Crippen LogP contribution is -2.48. The highest BCUT2D eigenvalue weighted by Gasteiger charge is 2.39. The van der Waals surface area contributed by atoms with Crippen molar-refractivity contribution in [1.82, 2.24) is 0 Å². The molecule has 1 aromatic rings. The maximum absolute atomic E-state index is 5.28. The number of benzene rings is 1. The van der Waals surface area contributed by atoms with Crippen LogP contribution in [0.1, 0.15) is 5.56 Å². The van der Waals surface area contributed by atoms with Gasteiger partial charge in [-0.2, -0.15) is 12.6 Å². The molecule has 0 bridgehead atoms. The van der Waals surface area contributed by atoms with Crippen LogP contribution in [0, 0.1) is 0 Å². The van der Waals surface area contributed by atoms with Gasteiger partial charge in [-0.25, -0.2) is 0 Å². The molecule has 0 aliphatic carbocycles. The predicted octanol–water partition coefficient (Wildman–Crippen LogP) is 2.66. The molecular weight excluding hydrogens is 276 g/mol. The molecular formula is C11H13BrO2S. The van der Waals surface area contributed by atoms with Gasteiger partial charge >= 0.3 is 0 Å². The molecule has 1 aliphatic rings. The van der Waals surface area contributed by atoms with Gasteiger partial charge in [0, 0.05) is 5.75 Å². The van der Waals surface area contributed by atoms with Gasteiger partial charge in [0.15, 0.2) is 0 Å². The fraction of sp³-hybridized carbons (Fsp3) is 0.455. The topological polar surface area (TPSA) is 18.5 Å². The van der Waals surface area contributed by atoms with Crippen LogP contribution in [0.25, 0.3) is 0 Å². The third kappa shape index (κ3) is 1.90. The van der Waals surface area contributed by atoms with E-state index >= 15 is 0 Å². The highest BCUT2D eigenvalue weighted by atomic mass is 79.9. The Kier molecular flexibility index (Phi) is 3.28. The Labute approximate surface area is 103 Å². The van der Waals surface area contributed by atoms with E-state index in [0.29, 0.717) is 0 Å². The minimum Gasteiger partial charge on any atom is -0.496 e. The second-order valence-electron chi connectivity index (χ2n) is 3.78. The van der Waals surface area contributed by atoms with E-state index in [9.17, 15) is 0 Å². The zero-order chi connectivity index (χ0) is 10.9. The average molecular weight is 289 g/mol. The summed E-state index contributed by atoms with van der Waals surface area (Å²) >= 11 is 7.89. The minimum absolute atomic E-state index is 0.0951. The Balaban J connectivity index is 2.33. The molecule has 0 radical (unpaired) electrons. The third-order valence-corrected chi connectivity index (χ3v) is 4.05. The van der Waals surface area contributed by atoms with E-state index in [4.69, 9.17) is 9.47 Å². The summed E-state index contributed by atoms with van der Waals surface area (Å²) in [7, 11) is 1.67. The van der Waals surface area contributed by atoms with Gasteiger partial charge < -0.3 is 9.47 Å². The van der Waals surface area contributed by atoms with Gasteiger partial charge in [0.25, 0.3) is 0 Å². The Bertz CT molecular complexity index is 358. The van der Waals surface area contributed by atoms with E-state index in [0.717, 1.165) is 29.2 Å². The maximum atomic E-state index is 5.28. The Morgan fingerprint density at radius 2 is 2.27 bits per heavy atom. The molecule has 0 N–H and O–H groups in total. The van der Waals surface area contributed by atoms with Crippen molar-refractivity contribution in [2.24, 2.45) is 0 Å². The summed E-state index contributed by atoms with van der Waals surface area (Å²) in [5, 5.41) is 0. The summed E-state index contributed by atoms with van der Waals surface area (Å²) < 4.78 is 11.5. The molecule has 0 saturated carbocycles. The smallest absolute Gasteiger partial charge is 0.133 e. The molecule has 2 nitrogen and oxygen atoms in total. The first-order valence-electron chi connectivity index (χ1n) is 4.74. The summed E-state index contributed by atoms with van der Waals surface area (Å²) in [5.41, 5.74) is 1.36. The van der Waals surface area contributed by atoms with Crippen molar-refractivity contribution in [3.8, 4) is 5.75 Å². The molecule has 1 aliphatic heterocycles. The first-order valence-corrected chi connectivity index (χ1v) is 6.17. The lowest BCUT2D eigenvalue weighted by atomic mass is 9.80. The van der Waals surface area contributed by atoms with E-state index in [1.54, 1.807) is 7.11 Å². The average Bonchev–Trinajstić information content (AvgIpc) is 2.17. The van der Waals surface area contributed by atoms with E-state index in [2.05, 4.69) is 40.7 Å². The molecule has 0 atom stereocenters. The van der Waals surface area contributed by atoms with Crippen LogP contribution in [-0.2, 0) is 10.2 Å². The summed E-state index contributed by atoms with van der Waals surface area (Å²) in [6, 6.07) is 6.16. The molecule has 15 heavy (non-hydrogen) atoms. The van der Waals surface area contributed by atoms with Gasteiger partial charge in [-0.3, -0.25) is 0 Å². The van der Waals surface area contributed by atoms with Gasteiger partial charge in [-0.1, -0.05) is 6.07 Å². The van der Waals surface area contributed by atoms with Crippen LogP contribution in [0.4, 0.5) is 0 Å². The lowest BCUT2D eigenvalue weighted by molar-refractivity contribution is -0.0471. The molecule has 1 aromatic carbocycles. The molecule has 0 amide bonds. The Morgan fingerprint density at radius 3 is 2.67 bits per heavy atom. The van der Waals surface area contributed by atoms with Gasteiger partial charge in [0.1, 0.15) is 5.75 Å². The van der Waals surface area contributed by atoms with Crippen LogP contribution < -0.4 is 4.74 Å². The molecule has 2 rings (SSSR count). The lowest BCUT2D eigenvalue weighted by Gasteiger charge is -2.41. The van der Waals surface area contributed by atoms with Gasteiger partial charge in [-0.05, 0) is 33.6 Å². The van der Waals surface area contributed by atoms with E-state index < -0.39 is 0 Å². The van der Waals surface area contributed by atoms with Gasteiger partial charge in [-0.15, -0.1) is 0 Å². The van der Waals surface area contributed by atoms with Crippen molar-refractivity contribution in [2.45, 2.75) is 5.41 Å². The van der Waals surface area contributed by atoms with Crippen LogP contribution in [-0.4, -0.2) is 26.1 Å². The third-order valence-electron chi connectivity index (χ3n) is 2.82. The first-order chi connectivity index (χ1) is 7.22. The standard InChI is InChI=1S/C11H13BrO2S/c1-13-10-3-2-8(4-9(10)12)11(7-15)5-14-6-11/h2-4,15H,5-7H2,1H3. The number of rotatable bonds is 3. The zero-order valence-electron chi connectivity index (χ0n) is 8.50. The number of hydrogen-bond donors (Lipinski definition) is 1. The Morgan fingerprint density at radius 1 is 1.53 bits per heavy atom. The largest absolute Gasteiger partial charge is 0.496 e. The molecule has 0 aromatic heterocycles. The van der Waals surface area contributed by atoms with Crippen molar-refractivity contribution < 1.29 is 9.47 Å². The van der Waals surface area contributed by atoms with Crippen LogP contribution in [0.5, 0.6) is 5.75 Å². The van der Waals surface area contributed by atoms with E-state index in [1.165, 1.54) is 5.56 Å². The fourth-order valence-corrected chi connectivity index (χ4v) is 2.60. The van der Waals surface area contributed by atoms with Gasteiger partial charge in [0.2, 0.25) is 0 Å². The van der Waals surface area contributed by atoms with Crippen molar-refractivity contribution in [3.63, 3.8) is 0 Å². The molecule has 1 heterocycles. The van der Waals surface area contributed by atoms with Crippen LogP contribution in [0.3, 0.4) is 0 Å². The molecule has 0 unspecified atom stereocenters. The van der Waals surface area contributed by atoms with Crippen LogP contribution >= 0.6 is 28.6 Å². The Hall–Kier alpha value is -0.190. The summed E-state index contributed by atoms with van der Waals surface area (Å²) in [6.45, 7) is 1.52. The maximum Gasteiger partial charge on any atom is 0.133 e. The van der Waals surface area contributed by atoms with Crippen molar-refractivity contribution >= 4 is 28.6 Å². The molecule has 4 heteroatoms. The quantitative estimate of drug-likeness (QED) is 0.862. The van der Waals surface area contributed by atoms with Gasteiger partial charge in [0.05, 0.1) is 30.2 Å². The van der Waals surface area contributed by atoms with Crippen LogP contribution in [0.2, 0.25) is 0 Å². The number of thiol groups is 1. The van der Waals surface area contributed by atoms with Crippen molar-refractivity contribution in [2.75, 3.05) is 26.1 Å². The number of ether oxygens (including phenoxy) is 2. The van der Waals surface area contributed by atoms with Crippen molar-refractivity contribution in [1.29, 1.82) is 0 Å². The number of hydrogen-bond acceptors (Lipinski definition) is 3. The van der Waals surface area contributed by atoms with Crippen LogP contribution in [0.15, 0.2) is 22.7 Å².